The van der Waals surface area contributed by atoms with Crippen molar-refractivity contribution < 1.29 is 9.53 Å². The normalized spacial score (nSPS) is 16.3. The Morgan fingerprint density at radius 1 is 0.886 bits per heavy atom. The molecule has 0 bridgehead atoms. The molecule has 5 rings (SSSR count). The van der Waals surface area contributed by atoms with E-state index in [1.54, 1.807) is 0 Å². The van der Waals surface area contributed by atoms with Crippen LogP contribution >= 0.6 is 0 Å². The van der Waals surface area contributed by atoms with Gasteiger partial charge in [-0.15, -0.1) is 0 Å². The maximum absolute atomic E-state index is 14.0. The van der Waals surface area contributed by atoms with Crippen LogP contribution in [0.1, 0.15) is 54.1 Å². The van der Waals surface area contributed by atoms with Crippen LogP contribution in [-0.4, -0.2) is 21.9 Å². The van der Waals surface area contributed by atoms with E-state index in [4.69, 9.17) is 4.74 Å². The number of amides is 1. The fourth-order valence-corrected chi connectivity index (χ4v) is 5.09. The standard InChI is InChI=1S/C31H32N2O2/c1-2-28(25-13-7-4-8-14-25)31(34)33-22-10-21-32-20-9-15-29(32)30(33)26-16-18-27(19-17-26)35-23-24-11-5-3-6-12-24/h3-9,11-20,28,30H,2,10,21-23H2,1H3. The van der Waals surface area contributed by atoms with Crippen molar-refractivity contribution in [2.24, 2.45) is 0 Å². The Bertz CT molecular complexity index is 1230. The lowest BCUT2D eigenvalue weighted by atomic mass is 9.93. The summed E-state index contributed by atoms with van der Waals surface area (Å²) >= 11 is 0. The number of aromatic nitrogens is 1. The molecule has 0 aliphatic carbocycles. The van der Waals surface area contributed by atoms with Gasteiger partial charge in [0.15, 0.2) is 0 Å². The molecular weight excluding hydrogens is 432 g/mol. The van der Waals surface area contributed by atoms with Gasteiger partial charge in [0.2, 0.25) is 5.91 Å². The molecule has 1 aliphatic rings. The summed E-state index contributed by atoms with van der Waals surface area (Å²) in [6.45, 7) is 4.29. The first-order chi connectivity index (χ1) is 17.2. The van der Waals surface area contributed by atoms with Crippen LogP contribution in [0, 0.1) is 0 Å². The zero-order valence-electron chi connectivity index (χ0n) is 20.2. The van der Waals surface area contributed by atoms with Crippen LogP contribution < -0.4 is 4.74 Å². The molecule has 0 spiro atoms. The van der Waals surface area contributed by atoms with E-state index in [0.29, 0.717) is 6.61 Å². The lowest BCUT2D eigenvalue weighted by Gasteiger charge is -2.33. The fraction of sp³-hybridized carbons (Fsp3) is 0.258. The summed E-state index contributed by atoms with van der Waals surface area (Å²) in [7, 11) is 0. The molecule has 178 valence electrons. The predicted octanol–water partition coefficient (Wildman–Crippen LogP) is 6.58. The average molecular weight is 465 g/mol. The maximum Gasteiger partial charge on any atom is 0.230 e. The molecule has 0 saturated carbocycles. The van der Waals surface area contributed by atoms with Gasteiger partial charge in [-0.05, 0) is 53.8 Å². The first kappa shape index (κ1) is 23.0. The third kappa shape index (κ3) is 5.02. The van der Waals surface area contributed by atoms with Crippen molar-refractivity contribution in [2.45, 2.75) is 44.9 Å². The highest BCUT2D eigenvalue weighted by molar-refractivity contribution is 5.84. The number of hydrogen-bond acceptors (Lipinski definition) is 2. The highest BCUT2D eigenvalue weighted by Crippen LogP contribution is 2.36. The van der Waals surface area contributed by atoms with Crippen LogP contribution in [0.25, 0.3) is 0 Å². The average Bonchev–Trinajstić information content (AvgIpc) is 3.29. The molecule has 1 aromatic heterocycles. The molecule has 1 aliphatic heterocycles. The van der Waals surface area contributed by atoms with E-state index in [0.717, 1.165) is 54.1 Å². The van der Waals surface area contributed by atoms with Gasteiger partial charge in [0, 0.05) is 25.0 Å². The number of nitrogens with zero attached hydrogens (tertiary/aromatic N) is 2. The Labute approximate surface area is 207 Å². The maximum atomic E-state index is 14.0. The van der Waals surface area contributed by atoms with E-state index < -0.39 is 0 Å². The molecule has 35 heavy (non-hydrogen) atoms. The molecule has 4 nitrogen and oxygen atoms in total. The van der Waals surface area contributed by atoms with Crippen molar-refractivity contribution in [1.29, 1.82) is 0 Å². The second-order valence-corrected chi connectivity index (χ2v) is 9.13. The van der Waals surface area contributed by atoms with Gasteiger partial charge in [-0.25, -0.2) is 0 Å². The molecule has 4 aromatic rings. The molecule has 2 heterocycles. The Kier molecular flexibility index (Phi) is 6.99. The van der Waals surface area contributed by atoms with E-state index >= 15 is 0 Å². The quantitative estimate of drug-likeness (QED) is 0.309. The van der Waals surface area contributed by atoms with Gasteiger partial charge >= 0.3 is 0 Å². The lowest BCUT2D eigenvalue weighted by Crippen LogP contribution is -2.39. The number of aryl methyl sites for hydroxylation is 1. The summed E-state index contributed by atoms with van der Waals surface area (Å²) < 4.78 is 8.31. The van der Waals surface area contributed by atoms with E-state index in [9.17, 15) is 4.79 Å². The topological polar surface area (TPSA) is 34.5 Å². The van der Waals surface area contributed by atoms with Crippen LogP contribution in [0.4, 0.5) is 0 Å². The lowest BCUT2D eigenvalue weighted by molar-refractivity contribution is -0.134. The molecule has 4 heteroatoms. The van der Waals surface area contributed by atoms with Crippen LogP contribution in [0.3, 0.4) is 0 Å². The number of ether oxygens (including phenoxy) is 1. The number of carbonyl (C=O) groups excluding carboxylic acids is 1. The predicted molar refractivity (Wildman–Crippen MR) is 139 cm³/mol. The summed E-state index contributed by atoms with van der Waals surface area (Å²) in [6, 6.07) is 32.7. The second-order valence-electron chi connectivity index (χ2n) is 9.13. The molecule has 0 fully saturated rings. The Morgan fingerprint density at radius 2 is 1.60 bits per heavy atom. The summed E-state index contributed by atoms with van der Waals surface area (Å²) in [5.74, 6) is 0.881. The minimum atomic E-state index is -0.145. The zero-order chi connectivity index (χ0) is 24.0. The van der Waals surface area contributed by atoms with Crippen LogP contribution in [0.15, 0.2) is 103 Å². The highest BCUT2D eigenvalue weighted by atomic mass is 16.5. The van der Waals surface area contributed by atoms with Crippen molar-refractivity contribution in [1.82, 2.24) is 9.47 Å². The number of hydrogen-bond donors (Lipinski definition) is 0. The molecular formula is C31H32N2O2. The first-order valence-corrected chi connectivity index (χ1v) is 12.5. The summed E-state index contributed by atoms with van der Waals surface area (Å²) in [5, 5.41) is 0. The van der Waals surface area contributed by atoms with Crippen LogP contribution in [-0.2, 0) is 17.9 Å². The van der Waals surface area contributed by atoms with Crippen LogP contribution in [0.2, 0.25) is 0 Å². The number of rotatable bonds is 7. The summed E-state index contributed by atoms with van der Waals surface area (Å²) in [4.78, 5) is 16.1. The second kappa shape index (κ2) is 10.6. The van der Waals surface area contributed by atoms with Crippen molar-refractivity contribution in [3.8, 4) is 5.75 Å². The molecule has 1 amide bonds. The minimum absolute atomic E-state index is 0.124. The largest absolute Gasteiger partial charge is 0.489 e. The summed E-state index contributed by atoms with van der Waals surface area (Å²) in [5.41, 5.74) is 4.50. The molecule has 3 aromatic carbocycles. The molecule has 0 radical (unpaired) electrons. The summed E-state index contributed by atoms with van der Waals surface area (Å²) in [6.07, 6.45) is 3.84. The van der Waals surface area contributed by atoms with E-state index in [1.165, 1.54) is 0 Å². The number of carbonyl (C=O) groups is 1. The number of benzene rings is 3. The van der Waals surface area contributed by atoms with Gasteiger partial charge in [0.05, 0.1) is 12.0 Å². The van der Waals surface area contributed by atoms with E-state index in [-0.39, 0.29) is 17.9 Å². The van der Waals surface area contributed by atoms with Gasteiger partial charge in [0.25, 0.3) is 0 Å². The zero-order valence-corrected chi connectivity index (χ0v) is 20.2. The van der Waals surface area contributed by atoms with Crippen molar-refractivity contribution >= 4 is 5.91 Å². The SMILES string of the molecule is CCC(C(=O)N1CCCn2cccc2C1c1ccc(OCc2ccccc2)cc1)c1ccccc1. The van der Waals surface area contributed by atoms with Crippen molar-refractivity contribution in [2.75, 3.05) is 6.54 Å². The van der Waals surface area contributed by atoms with Gasteiger partial charge in [-0.2, -0.15) is 0 Å². The minimum Gasteiger partial charge on any atom is -0.489 e. The molecule has 0 N–H and O–H groups in total. The van der Waals surface area contributed by atoms with Crippen molar-refractivity contribution in [3.63, 3.8) is 0 Å². The monoisotopic (exact) mass is 464 g/mol. The smallest absolute Gasteiger partial charge is 0.230 e. The highest BCUT2D eigenvalue weighted by Gasteiger charge is 2.34. The Morgan fingerprint density at radius 3 is 2.31 bits per heavy atom. The van der Waals surface area contributed by atoms with Gasteiger partial charge in [-0.1, -0.05) is 79.7 Å². The van der Waals surface area contributed by atoms with Gasteiger partial charge in [0.1, 0.15) is 12.4 Å². The Balaban J connectivity index is 1.43. The third-order valence-corrected chi connectivity index (χ3v) is 6.89. The van der Waals surface area contributed by atoms with Crippen molar-refractivity contribution in [3.05, 3.63) is 126 Å². The molecule has 2 unspecified atom stereocenters. The van der Waals surface area contributed by atoms with E-state index in [2.05, 4.69) is 71.1 Å². The molecule has 0 saturated heterocycles. The Hall–Kier alpha value is -3.79. The first-order valence-electron chi connectivity index (χ1n) is 12.5. The number of fused-ring (bicyclic) bond motifs is 1. The molecule has 2 atom stereocenters. The fourth-order valence-electron chi connectivity index (χ4n) is 5.09. The van der Waals surface area contributed by atoms with Gasteiger partial charge < -0.3 is 14.2 Å². The third-order valence-electron chi connectivity index (χ3n) is 6.89. The van der Waals surface area contributed by atoms with E-state index in [1.807, 2.05) is 48.5 Å². The van der Waals surface area contributed by atoms with Gasteiger partial charge in [-0.3, -0.25) is 4.79 Å². The van der Waals surface area contributed by atoms with Crippen LogP contribution in [0.5, 0.6) is 5.75 Å².